The Morgan fingerprint density at radius 1 is 1.14 bits per heavy atom. The molecule has 21 heavy (non-hydrogen) atoms. The summed E-state index contributed by atoms with van der Waals surface area (Å²) in [5.41, 5.74) is -0.127. The molecule has 0 aromatic carbocycles. The van der Waals surface area contributed by atoms with Crippen LogP contribution in [-0.4, -0.2) is 50.6 Å². The third-order valence-electron chi connectivity index (χ3n) is 4.66. The number of aliphatic hydroxyl groups is 2. The molecule has 2 aliphatic rings. The Kier molecular flexibility index (Phi) is 3.80. The maximum atomic E-state index is 9.79. The molecule has 0 unspecified atom stereocenters. The molecule has 1 aliphatic heterocycles. The molecule has 2 N–H and O–H groups in total. The van der Waals surface area contributed by atoms with Gasteiger partial charge in [0.05, 0.1) is 18.8 Å². The van der Waals surface area contributed by atoms with E-state index in [0.29, 0.717) is 37.1 Å². The Bertz CT molecular complexity index is 479. The minimum Gasteiger partial charge on any atom is -0.390 e. The Hall–Kier alpha value is -0.980. The highest BCUT2D eigenvalue weighted by molar-refractivity contribution is 4.99. The van der Waals surface area contributed by atoms with Gasteiger partial charge >= 0.3 is 0 Å². The number of rotatable bonds is 2. The van der Waals surface area contributed by atoms with Gasteiger partial charge in [-0.2, -0.15) is 4.98 Å². The van der Waals surface area contributed by atoms with Gasteiger partial charge in [0.1, 0.15) is 0 Å². The van der Waals surface area contributed by atoms with E-state index >= 15 is 0 Å². The van der Waals surface area contributed by atoms with Gasteiger partial charge in [0.25, 0.3) is 0 Å². The van der Waals surface area contributed by atoms with Gasteiger partial charge in [-0.05, 0) is 24.7 Å². The highest BCUT2D eigenvalue weighted by atomic mass is 16.5. The van der Waals surface area contributed by atoms with Crippen LogP contribution in [0.5, 0.6) is 0 Å². The largest absolute Gasteiger partial charge is 0.390 e. The first kappa shape index (κ1) is 14.9. The van der Waals surface area contributed by atoms with Crippen molar-refractivity contribution < 1.29 is 14.7 Å². The lowest BCUT2D eigenvalue weighted by molar-refractivity contribution is -0.0372. The first-order chi connectivity index (χ1) is 9.83. The van der Waals surface area contributed by atoms with Gasteiger partial charge in [-0.1, -0.05) is 25.9 Å². The zero-order valence-corrected chi connectivity index (χ0v) is 13.0. The monoisotopic (exact) mass is 295 g/mol. The van der Waals surface area contributed by atoms with Crippen molar-refractivity contribution in [3.05, 3.63) is 11.7 Å². The standard InChI is InChI=1S/C15H25N3O3/c1-15(2,3)14-16-13(17-21-14)8-18-6-9-4-11(19)12(20)5-10(9)7-18/h9-12,19-20H,4-8H2,1-3H3/t9-,10+,11-,12-/m0/s1. The molecule has 0 radical (unpaired) electrons. The number of hydrogen-bond donors (Lipinski definition) is 2. The number of fused-ring (bicyclic) bond motifs is 1. The lowest BCUT2D eigenvalue weighted by atomic mass is 9.79. The Labute approximate surface area is 125 Å². The Balaban J connectivity index is 1.61. The van der Waals surface area contributed by atoms with Crippen LogP contribution < -0.4 is 0 Å². The zero-order valence-electron chi connectivity index (χ0n) is 13.0. The molecule has 6 nitrogen and oxygen atoms in total. The van der Waals surface area contributed by atoms with E-state index in [1.165, 1.54) is 0 Å². The molecule has 0 spiro atoms. The number of aliphatic hydroxyl groups excluding tert-OH is 2. The van der Waals surface area contributed by atoms with Gasteiger partial charge in [-0.15, -0.1) is 0 Å². The van der Waals surface area contributed by atoms with Gasteiger partial charge < -0.3 is 14.7 Å². The maximum Gasteiger partial charge on any atom is 0.232 e. The highest BCUT2D eigenvalue weighted by Gasteiger charge is 2.41. The van der Waals surface area contributed by atoms with Crippen molar-refractivity contribution in [2.45, 2.75) is 57.8 Å². The number of nitrogens with zero attached hydrogens (tertiary/aromatic N) is 3. The first-order valence-corrected chi connectivity index (χ1v) is 7.74. The Morgan fingerprint density at radius 2 is 1.71 bits per heavy atom. The van der Waals surface area contributed by atoms with Gasteiger partial charge in [0.2, 0.25) is 5.89 Å². The zero-order chi connectivity index (χ0) is 15.2. The molecule has 2 fully saturated rings. The molecular weight excluding hydrogens is 270 g/mol. The molecule has 0 amide bonds. The van der Waals surface area contributed by atoms with Crippen LogP contribution in [0.4, 0.5) is 0 Å². The van der Waals surface area contributed by atoms with E-state index in [1.807, 2.05) is 0 Å². The summed E-state index contributed by atoms with van der Waals surface area (Å²) in [6.07, 6.45) is 0.261. The van der Waals surface area contributed by atoms with Crippen LogP contribution in [0.1, 0.15) is 45.3 Å². The number of hydrogen-bond acceptors (Lipinski definition) is 6. The van der Waals surface area contributed by atoms with Crippen LogP contribution in [0.3, 0.4) is 0 Å². The van der Waals surface area contributed by atoms with Crippen LogP contribution in [-0.2, 0) is 12.0 Å². The molecule has 1 saturated heterocycles. The van der Waals surface area contributed by atoms with Crippen LogP contribution in [0, 0.1) is 11.8 Å². The summed E-state index contributed by atoms with van der Waals surface area (Å²) in [6.45, 7) is 8.72. The number of aromatic nitrogens is 2. The van der Waals surface area contributed by atoms with E-state index in [-0.39, 0.29) is 5.41 Å². The minimum atomic E-state index is -0.566. The summed E-state index contributed by atoms with van der Waals surface area (Å²) in [5, 5.41) is 23.6. The second kappa shape index (κ2) is 5.34. The van der Waals surface area contributed by atoms with Crippen molar-refractivity contribution in [1.82, 2.24) is 15.0 Å². The minimum absolute atomic E-state index is 0.127. The van der Waals surface area contributed by atoms with Crippen molar-refractivity contribution in [1.29, 1.82) is 0 Å². The van der Waals surface area contributed by atoms with Crippen LogP contribution in [0.25, 0.3) is 0 Å². The summed E-state index contributed by atoms with van der Waals surface area (Å²) in [4.78, 5) is 6.78. The maximum absolute atomic E-state index is 9.79. The summed E-state index contributed by atoms with van der Waals surface area (Å²) >= 11 is 0. The quantitative estimate of drug-likeness (QED) is 0.844. The molecule has 3 rings (SSSR count). The lowest BCUT2D eigenvalue weighted by Crippen LogP contribution is -2.38. The molecule has 118 valence electrons. The van der Waals surface area contributed by atoms with Crippen LogP contribution in [0.2, 0.25) is 0 Å². The van der Waals surface area contributed by atoms with Crippen molar-refractivity contribution in [2.75, 3.05) is 13.1 Å². The van der Waals surface area contributed by atoms with E-state index in [4.69, 9.17) is 4.52 Å². The number of likely N-dealkylation sites (tertiary alicyclic amines) is 1. The van der Waals surface area contributed by atoms with Crippen LogP contribution in [0.15, 0.2) is 4.52 Å². The molecule has 1 aliphatic carbocycles. The molecule has 1 aromatic heterocycles. The van der Waals surface area contributed by atoms with Gasteiger partial charge in [0.15, 0.2) is 5.82 Å². The molecule has 6 heteroatoms. The average Bonchev–Trinajstić information content (AvgIpc) is 2.96. The summed E-state index contributed by atoms with van der Waals surface area (Å²) in [5.74, 6) is 2.33. The van der Waals surface area contributed by atoms with Crippen molar-refractivity contribution in [3.8, 4) is 0 Å². The molecule has 1 aromatic rings. The third kappa shape index (κ3) is 3.12. The fraction of sp³-hybridized carbons (Fsp3) is 0.867. The van der Waals surface area contributed by atoms with E-state index in [0.717, 1.165) is 18.9 Å². The van der Waals surface area contributed by atoms with E-state index in [2.05, 4.69) is 35.8 Å². The Morgan fingerprint density at radius 3 is 2.19 bits per heavy atom. The molecular formula is C15H25N3O3. The second-order valence-electron chi connectivity index (χ2n) is 7.59. The first-order valence-electron chi connectivity index (χ1n) is 7.74. The second-order valence-corrected chi connectivity index (χ2v) is 7.59. The van der Waals surface area contributed by atoms with E-state index in [1.54, 1.807) is 0 Å². The van der Waals surface area contributed by atoms with Crippen molar-refractivity contribution in [2.24, 2.45) is 11.8 Å². The van der Waals surface area contributed by atoms with Gasteiger partial charge in [0, 0.05) is 18.5 Å². The smallest absolute Gasteiger partial charge is 0.232 e. The topological polar surface area (TPSA) is 82.6 Å². The van der Waals surface area contributed by atoms with Gasteiger partial charge in [-0.3, -0.25) is 4.90 Å². The molecule has 4 atom stereocenters. The predicted octanol–water partition coefficient (Wildman–Crippen LogP) is 0.931. The predicted molar refractivity (Wildman–Crippen MR) is 76.5 cm³/mol. The molecule has 0 bridgehead atoms. The fourth-order valence-corrected chi connectivity index (χ4v) is 3.46. The summed E-state index contributed by atoms with van der Waals surface area (Å²) in [6, 6.07) is 0. The van der Waals surface area contributed by atoms with E-state index < -0.39 is 12.2 Å². The SMILES string of the molecule is CC(C)(C)c1nc(CN2C[C@H]3C[C@H](O)[C@@H](O)C[C@H]3C2)no1. The molecule has 2 heterocycles. The third-order valence-corrected chi connectivity index (χ3v) is 4.66. The highest BCUT2D eigenvalue weighted by Crippen LogP contribution is 2.36. The lowest BCUT2D eigenvalue weighted by Gasteiger charge is -2.32. The summed E-state index contributed by atoms with van der Waals surface area (Å²) < 4.78 is 5.32. The van der Waals surface area contributed by atoms with Crippen molar-refractivity contribution >= 4 is 0 Å². The molecule has 1 saturated carbocycles. The summed E-state index contributed by atoms with van der Waals surface area (Å²) in [7, 11) is 0. The van der Waals surface area contributed by atoms with Crippen LogP contribution >= 0.6 is 0 Å². The fourth-order valence-electron chi connectivity index (χ4n) is 3.46. The van der Waals surface area contributed by atoms with Gasteiger partial charge in [-0.25, -0.2) is 0 Å². The normalized spacial score (nSPS) is 34.1. The van der Waals surface area contributed by atoms with Crippen molar-refractivity contribution in [3.63, 3.8) is 0 Å². The van der Waals surface area contributed by atoms with E-state index in [9.17, 15) is 10.2 Å². The average molecular weight is 295 g/mol.